The fourth-order valence-corrected chi connectivity index (χ4v) is 1.18. The Balaban J connectivity index is 2.35. The second-order valence-electron chi connectivity index (χ2n) is 2.08. The number of nitrogens with two attached hydrogens (primary N) is 1. The lowest BCUT2D eigenvalue weighted by molar-refractivity contribution is -0.656. The molecule has 0 radical (unpaired) electrons. The Morgan fingerprint density at radius 1 is 1.75 bits per heavy atom. The Hall–Kier alpha value is -0.0800. The summed E-state index contributed by atoms with van der Waals surface area (Å²) in [5, 5.41) is 1.80. The molecule has 1 heterocycles. The smallest absolute Gasteiger partial charge is 0.279 e. The van der Waals surface area contributed by atoms with Crippen molar-refractivity contribution in [3.63, 3.8) is 0 Å². The normalized spacial score (nSPS) is 28.4. The Kier molecular flexibility index (Phi) is 1.86. The van der Waals surface area contributed by atoms with E-state index in [-0.39, 0.29) is 11.3 Å². The van der Waals surface area contributed by atoms with Crippen LogP contribution in [0.25, 0.3) is 0 Å². The molecular formula is C5H9ClNO+. The molecule has 0 bridgehead atoms. The summed E-state index contributed by atoms with van der Waals surface area (Å²) in [6.45, 7) is 1.06. The van der Waals surface area contributed by atoms with Crippen LogP contribution in [-0.4, -0.2) is 17.8 Å². The molecule has 1 unspecified atom stereocenters. The average molecular weight is 135 g/mol. The second kappa shape index (κ2) is 2.46. The lowest BCUT2D eigenvalue weighted by Gasteiger charge is -1.95. The molecule has 8 heavy (non-hydrogen) atoms. The van der Waals surface area contributed by atoms with Crippen molar-refractivity contribution in [3.8, 4) is 0 Å². The van der Waals surface area contributed by atoms with Gasteiger partial charge in [0.25, 0.3) is 5.24 Å². The van der Waals surface area contributed by atoms with E-state index >= 15 is 0 Å². The van der Waals surface area contributed by atoms with Crippen LogP contribution in [0.5, 0.6) is 0 Å². The molecule has 1 rings (SSSR count). The van der Waals surface area contributed by atoms with Gasteiger partial charge in [-0.1, -0.05) is 0 Å². The van der Waals surface area contributed by atoms with Crippen LogP contribution in [0, 0.1) is 0 Å². The zero-order valence-electron chi connectivity index (χ0n) is 4.56. The monoisotopic (exact) mass is 134 g/mol. The highest BCUT2D eigenvalue weighted by molar-refractivity contribution is 6.64. The number of halogens is 1. The van der Waals surface area contributed by atoms with E-state index < -0.39 is 0 Å². The summed E-state index contributed by atoms with van der Waals surface area (Å²) in [6.07, 6.45) is 2.09. The highest BCUT2D eigenvalue weighted by atomic mass is 35.5. The van der Waals surface area contributed by atoms with Gasteiger partial charge in [0.05, 0.1) is 6.54 Å². The summed E-state index contributed by atoms with van der Waals surface area (Å²) < 4.78 is 0. The van der Waals surface area contributed by atoms with E-state index in [0.717, 1.165) is 19.4 Å². The molecule has 46 valence electrons. The van der Waals surface area contributed by atoms with Gasteiger partial charge in [-0.05, 0) is 11.6 Å². The molecular weight excluding hydrogens is 126 g/mol. The van der Waals surface area contributed by atoms with Gasteiger partial charge >= 0.3 is 0 Å². The Morgan fingerprint density at radius 2 is 2.50 bits per heavy atom. The maximum atomic E-state index is 10.4. The van der Waals surface area contributed by atoms with Crippen LogP contribution in [0.4, 0.5) is 0 Å². The zero-order chi connectivity index (χ0) is 5.98. The molecule has 1 fully saturated rings. The molecule has 0 amide bonds. The summed E-state index contributed by atoms with van der Waals surface area (Å²) in [5.74, 6) is 0. The number of carbonyl (C=O) groups excluding carboxylic acids is 1. The minimum atomic E-state index is -0.192. The van der Waals surface area contributed by atoms with E-state index in [4.69, 9.17) is 11.6 Å². The van der Waals surface area contributed by atoms with Crippen molar-refractivity contribution in [1.82, 2.24) is 0 Å². The van der Waals surface area contributed by atoms with E-state index in [1.54, 1.807) is 0 Å². The van der Waals surface area contributed by atoms with Crippen LogP contribution >= 0.6 is 11.6 Å². The van der Waals surface area contributed by atoms with Crippen molar-refractivity contribution in [2.45, 2.75) is 18.9 Å². The topological polar surface area (TPSA) is 33.7 Å². The largest absolute Gasteiger partial charge is 0.337 e. The van der Waals surface area contributed by atoms with E-state index in [0.29, 0.717) is 0 Å². The van der Waals surface area contributed by atoms with Crippen molar-refractivity contribution in [3.05, 3.63) is 0 Å². The van der Waals surface area contributed by atoms with Crippen molar-refractivity contribution in [2.75, 3.05) is 6.54 Å². The van der Waals surface area contributed by atoms with Gasteiger partial charge in [0, 0.05) is 12.8 Å². The number of rotatable bonds is 1. The number of carbonyl (C=O) groups is 1. The minimum absolute atomic E-state index is 0.0664. The highest BCUT2D eigenvalue weighted by Gasteiger charge is 2.23. The number of hydrogen-bond donors (Lipinski definition) is 1. The van der Waals surface area contributed by atoms with Gasteiger partial charge in [0.15, 0.2) is 6.04 Å². The van der Waals surface area contributed by atoms with E-state index in [1.165, 1.54) is 0 Å². The third-order valence-electron chi connectivity index (χ3n) is 1.46. The molecule has 1 aliphatic heterocycles. The molecule has 1 atom stereocenters. The summed E-state index contributed by atoms with van der Waals surface area (Å²) >= 11 is 5.21. The van der Waals surface area contributed by atoms with Crippen molar-refractivity contribution >= 4 is 16.8 Å². The van der Waals surface area contributed by atoms with Crippen molar-refractivity contribution in [1.29, 1.82) is 0 Å². The highest BCUT2D eigenvalue weighted by Crippen LogP contribution is 1.99. The standard InChI is InChI=1S/C5H8ClNO/c6-5(8)4-2-1-3-7-4/h4,7H,1-3H2/p+1. The fourth-order valence-electron chi connectivity index (χ4n) is 0.981. The van der Waals surface area contributed by atoms with E-state index in [1.807, 2.05) is 5.32 Å². The van der Waals surface area contributed by atoms with Crippen LogP contribution in [0.2, 0.25) is 0 Å². The molecule has 2 N–H and O–H groups in total. The predicted octanol–water partition coefficient (Wildman–Crippen LogP) is -0.522. The number of hydrogen-bond acceptors (Lipinski definition) is 1. The first kappa shape index (κ1) is 6.05. The van der Waals surface area contributed by atoms with Crippen LogP contribution in [-0.2, 0) is 4.79 Å². The summed E-state index contributed by atoms with van der Waals surface area (Å²) in [6, 6.07) is 0.0664. The van der Waals surface area contributed by atoms with E-state index in [2.05, 4.69) is 0 Å². The van der Waals surface area contributed by atoms with Gasteiger partial charge in [-0.25, -0.2) is 0 Å². The summed E-state index contributed by atoms with van der Waals surface area (Å²) in [5.41, 5.74) is 0. The Bertz CT molecular complexity index is 98.6. The molecule has 2 nitrogen and oxygen atoms in total. The third-order valence-corrected chi connectivity index (χ3v) is 1.74. The molecule has 0 aromatic rings. The van der Waals surface area contributed by atoms with Crippen molar-refractivity contribution < 1.29 is 10.1 Å². The van der Waals surface area contributed by atoms with Gasteiger partial charge in [0.1, 0.15) is 0 Å². The van der Waals surface area contributed by atoms with Gasteiger partial charge in [0.2, 0.25) is 0 Å². The quantitative estimate of drug-likeness (QED) is 0.481. The number of quaternary nitrogens is 1. The van der Waals surface area contributed by atoms with Crippen LogP contribution in [0.3, 0.4) is 0 Å². The summed E-state index contributed by atoms with van der Waals surface area (Å²) in [4.78, 5) is 10.4. The molecule has 0 aromatic carbocycles. The summed E-state index contributed by atoms with van der Waals surface area (Å²) in [7, 11) is 0. The first-order valence-corrected chi connectivity index (χ1v) is 3.21. The van der Waals surface area contributed by atoms with E-state index in [9.17, 15) is 4.79 Å². The molecule has 0 spiro atoms. The lowest BCUT2D eigenvalue weighted by Crippen LogP contribution is -2.88. The van der Waals surface area contributed by atoms with Gasteiger partial charge < -0.3 is 5.32 Å². The fraction of sp³-hybridized carbons (Fsp3) is 0.800. The van der Waals surface area contributed by atoms with Crippen LogP contribution in [0.15, 0.2) is 0 Å². The average Bonchev–Trinajstić information content (AvgIpc) is 2.12. The minimum Gasteiger partial charge on any atom is -0.337 e. The van der Waals surface area contributed by atoms with Gasteiger partial charge in [-0.15, -0.1) is 0 Å². The van der Waals surface area contributed by atoms with Gasteiger partial charge in [-0.2, -0.15) is 0 Å². The second-order valence-corrected chi connectivity index (χ2v) is 2.45. The maximum absolute atomic E-state index is 10.4. The molecule has 3 heteroatoms. The van der Waals surface area contributed by atoms with Crippen LogP contribution < -0.4 is 5.32 Å². The third kappa shape index (κ3) is 1.20. The zero-order valence-corrected chi connectivity index (χ0v) is 5.32. The predicted molar refractivity (Wildman–Crippen MR) is 30.7 cm³/mol. The molecule has 1 aliphatic rings. The lowest BCUT2D eigenvalue weighted by atomic mass is 10.2. The van der Waals surface area contributed by atoms with Crippen LogP contribution in [0.1, 0.15) is 12.8 Å². The molecule has 0 saturated carbocycles. The Morgan fingerprint density at radius 3 is 2.75 bits per heavy atom. The SMILES string of the molecule is O=C(Cl)C1CCC[NH2+]1. The Labute approximate surface area is 53.2 Å². The molecule has 0 aliphatic carbocycles. The first-order chi connectivity index (χ1) is 3.80. The van der Waals surface area contributed by atoms with Crippen molar-refractivity contribution in [2.24, 2.45) is 0 Å². The molecule has 0 aromatic heterocycles. The van der Waals surface area contributed by atoms with Gasteiger partial charge in [-0.3, -0.25) is 4.79 Å². The maximum Gasteiger partial charge on any atom is 0.279 e. The first-order valence-electron chi connectivity index (χ1n) is 2.83. The molecule has 1 saturated heterocycles.